The zero-order valence-corrected chi connectivity index (χ0v) is 11.6. The molecule has 0 spiro atoms. The lowest BCUT2D eigenvalue weighted by molar-refractivity contribution is -0.117. The number of carbonyl (C=O) groups excluding carboxylic acids is 1. The van der Waals surface area contributed by atoms with Crippen molar-refractivity contribution in [2.24, 2.45) is 5.92 Å². The molecule has 1 fully saturated rings. The van der Waals surface area contributed by atoms with Crippen LogP contribution in [0.25, 0.3) is 11.3 Å². The van der Waals surface area contributed by atoms with E-state index in [0.29, 0.717) is 24.8 Å². The van der Waals surface area contributed by atoms with E-state index in [1.165, 1.54) is 0 Å². The van der Waals surface area contributed by atoms with Gasteiger partial charge in [0.2, 0.25) is 11.9 Å². The molecule has 102 valence electrons. The molecule has 0 aliphatic carbocycles. The first kappa shape index (κ1) is 13.1. The highest BCUT2D eigenvalue weighted by atomic mass is 35.5. The first-order valence-electron chi connectivity index (χ1n) is 6.52. The fourth-order valence-electron chi connectivity index (χ4n) is 2.33. The van der Waals surface area contributed by atoms with E-state index in [0.717, 1.165) is 11.3 Å². The van der Waals surface area contributed by atoms with E-state index < -0.39 is 0 Å². The Bertz CT molecular complexity index is 618. The second kappa shape index (κ2) is 5.59. The fourth-order valence-corrected chi connectivity index (χ4v) is 2.53. The molecule has 2 heterocycles. The van der Waals surface area contributed by atoms with Crippen molar-refractivity contribution >= 4 is 23.5 Å². The van der Waals surface area contributed by atoms with Crippen LogP contribution in [0.3, 0.4) is 0 Å². The molecule has 1 unspecified atom stereocenters. The molecule has 0 radical (unpaired) electrons. The topological polar surface area (TPSA) is 46.1 Å². The number of halogens is 1. The number of anilines is 1. The van der Waals surface area contributed by atoms with E-state index in [2.05, 4.69) is 9.97 Å². The average molecular weight is 288 g/mol. The van der Waals surface area contributed by atoms with Gasteiger partial charge in [-0.2, -0.15) is 0 Å². The van der Waals surface area contributed by atoms with Crippen LogP contribution in [-0.4, -0.2) is 28.3 Å². The van der Waals surface area contributed by atoms with Gasteiger partial charge in [-0.05, 0) is 12.0 Å². The molecule has 0 N–H and O–H groups in total. The summed E-state index contributed by atoms with van der Waals surface area (Å²) in [6.45, 7) is 0.598. The maximum absolute atomic E-state index is 12.0. The number of alkyl halides is 1. The Morgan fingerprint density at radius 1 is 1.25 bits per heavy atom. The highest BCUT2D eigenvalue weighted by Crippen LogP contribution is 2.25. The highest BCUT2D eigenvalue weighted by Gasteiger charge is 2.31. The van der Waals surface area contributed by atoms with E-state index in [9.17, 15) is 4.79 Å². The number of benzene rings is 1. The molecular formula is C15H14ClN3O. The van der Waals surface area contributed by atoms with Gasteiger partial charge in [0.05, 0.1) is 5.69 Å². The molecule has 0 saturated carbocycles. The van der Waals surface area contributed by atoms with Gasteiger partial charge in [-0.15, -0.1) is 11.6 Å². The Kier molecular flexibility index (Phi) is 3.65. The van der Waals surface area contributed by atoms with Gasteiger partial charge in [0.25, 0.3) is 0 Å². The summed E-state index contributed by atoms with van der Waals surface area (Å²) < 4.78 is 0. The lowest BCUT2D eigenvalue weighted by Gasteiger charge is -2.14. The van der Waals surface area contributed by atoms with Crippen LogP contribution in [-0.2, 0) is 4.79 Å². The summed E-state index contributed by atoms with van der Waals surface area (Å²) in [7, 11) is 0. The van der Waals surface area contributed by atoms with Crippen LogP contribution in [0.4, 0.5) is 5.95 Å². The Balaban J connectivity index is 1.91. The van der Waals surface area contributed by atoms with Crippen LogP contribution in [0.5, 0.6) is 0 Å². The number of amides is 1. The normalized spacial score (nSPS) is 18.6. The monoisotopic (exact) mass is 287 g/mol. The number of hydrogen-bond donors (Lipinski definition) is 0. The third-order valence-corrected chi connectivity index (χ3v) is 3.81. The summed E-state index contributed by atoms with van der Waals surface area (Å²) in [5, 5.41) is 0. The molecule has 4 nitrogen and oxygen atoms in total. The molecule has 1 aliphatic rings. The van der Waals surface area contributed by atoms with Crippen molar-refractivity contribution in [3.05, 3.63) is 42.6 Å². The van der Waals surface area contributed by atoms with Gasteiger partial charge in [0.15, 0.2) is 0 Å². The Morgan fingerprint density at radius 2 is 2.05 bits per heavy atom. The quantitative estimate of drug-likeness (QED) is 0.816. The Labute approximate surface area is 122 Å². The molecular weight excluding hydrogens is 274 g/mol. The van der Waals surface area contributed by atoms with Gasteiger partial charge in [-0.1, -0.05) is 30.3 Å². The Hall–Kier alpha value is -1.94. The first-order chi connectivity index (χ1) is 9.78. The Morgan fingerprint density at radius 3 is 2.75 bits per heavy atom. The van der Waals surface area contributed by atoms with Crippen LogP contribution >= 0.6 is 11.6 Å². The van der Waals surface area contributed by atoms with Crippen molar-refractivity contribution in [3.63, 3.8) is 0 Å². The van der Waals surface area contributed by atoms with E-state index in [1.54, 1.807) is 11.1 Å². The van der Waals surface area contributed by atoms with E-state index in [1.807, 2.05) is 36.4 Å². The van der Waals surface area contributed by atoms with Crippen LogP contribution in [0.15, 0.2) is 42.6 Å². The maximum atomic E-state index is 12.0. The van der Waals surface area contributed by atoms with Crippen molar-refractivity contribution < 1.29 is 4.79 Å². The highest BCUT2D eigenvalue weighted by molar-refractivity contribution is 6.18. The summed E-state index contributed by atoms with van der Waals surface area (Å²) in [6, 6.07) is 11.7. The minimum atomic E-state index is 0.0425. The first-order valence-corrected chi connectivity index (χ1v) is 7.06. The molecule has 2 aromatic rings. The second-order valence-electron chi connectivity index (χ2n) is 4.84. The van der Waals surface area contributed by atoms with Crippen LogP contribution in [0.1, 0.15) is 6.42 Å². The van der Waals surface area contributed by atoms with Gasteiger partial charge in [-0.3, -0.25) is 9.69 Å². The van der Waals surface area contributed by atoms with Gasteiger partial charge >= 0.3 is 0 Å². The molecule has 5 heteroatoms. The number of aromatic nitrogens is 2. The van der Waals surface area contributed by atoms with Gasteiger partial charge in [0, 0.05) is 30.6 Å². The standard InChI is InChI=1S/C15H14ClN3O/c16-9-11-8-14(20)19(10-11)15-17-7-6-13(18-15)12-4-2-1-3-5-12/h1-7,11H,8-10H2. The molecule has 3 rings (SSSR count). The van der Waals surface area contributed by atoms with Crippen LogP contribution < -0.4 is 4.90 Å². The number of rotatable bonds is 3. The summed E-state index contributed by atoms with van der Waals surface area (Å²) in [5.74, 6) is 1.18. The number of hydrogen-bond acceptors (Lipinski definition) is 3. The second-order valence-corrected chi connectivity index (χ2v) is 5.15. The number of carbonyl (C=O) groups is 1. The van der Waals surface area contributed by atoms with Crippen molar-refractivity contribution in [1.29, 1.82) is 0 Å². The molecule has 1 aliphatic heterocycles. The largest absolute Gasteiger partial charge is 0.280 e. The van der Waals surface area contributed by atoms with E-state index in [-0.39, 0.29) is 11.8 Å². The third kappa shape index (κ3) is 2.51. The maximum Gasteiger partial charge on any atom is 0.232 e. The van der Waals surface area contributed by atoms with Crippen molar-refractivity contribution in [2.75, 3.05) is 17.3 Å². The lowest BCUT2D eigenvalue weighted by Crippen LogP contribution is -2.26. The minimum Gasteiger partial charge on any atom is -0.280 e. The van der Waals surface area contributed by atoms with Crippen LogP contribution in [0.2, 0.25) is 0 Å². The summed E-state index contributed by atoms with van der Waals surface area (Å²) >= 11 is 5.83. The predicted octanol–water partition coefficient (Wildman–Crippen LogP) is 2.74. The SMILES string of the molecule is O=C1CC(CCl)CN1c1nccc(-c2ccccc2)n1. The summed E-state index contributed by atoms with van der Waals surface area (Å²) in [4.78, 5) is 22.3. The van der Waals surface area contributed by atoms with Crippen molar-refractivity contribution in [3.8, 4) is 11.3 Å². The van der Waals surface area contributed by atoms with Gasteiger partial charge in [0.1, 0.15) is 0 Å². The predicted molar refractivity (Wildman–Crippen MR) is 78.6 cm³/mol. The third-order valence-electron chi connectivity index (χ3n) is 3.38. The minimum absolute atomic E-state index is 0.0425. The molecule has 1 aromatic heterocycles. The van der Waals surface area contributed by atoms with Crippen molar-refractivity contribution in [2.45, 2.75) is 6.42 Å². The molecule has 1 amide bonds. The van der Waals surface area contributed by atoms with Crippen molar-refractivity contribution in [1.82, 2.24) is 9.97 Å². The fraction of sp³-hybridized carbons (Fsp3) is 0.267. The average Bonchev–Trinajstić information content (AvgIpc) is 2.89. The zero-order chi connectivity index (χ0) is 13.9. The van der Waals surface area contributed by atoms with E-state index >= 15 is 0 Å². The molecule has 0 bridgehead atoms. The summed E-state index contributed by atoms with van der Waals surface area (Å²) in [6.07, 6.45) is 2.16. The zero-order valence-electron chi connectivity index (χ0n) is 10.9. The smallest absolute Gasteiger partial charge is 0.232 e. The molecule has 1 aromatic carbocycles. The van der Waals surface area contributed by atoms with E-state index in [4.69, 9.17) is 11.6 Å². The van der Waals surface area contributed by atoms with Gasteiger partial charge in [-0.25, -0.2) is 9.97 Å². The number of nitrogens with zero attached hydrogens (tertiary/aromatic N) is 3. The van der Waals surface area contributed by atoms with Crippen LogP contribution in [0, 0.1) is 5.92 Å². The lowest BCUT2D eigenvalue weighted by atomic mass is 10.1. The molecule has 1 atom stereocenters. The molecule has 20 heavy (non-hydrogen) atoms. The van der Waals surface area contributed by atoms with Gasteiger partial charge < -0.3 is 0 Å². The summed E-state index contributed by atoms with van der Waals surface area (Å²) in [5.41, 5.74) is 1.83. The molecule has 1 saturated heterocycles.